The zero-order chi connectivity index (χ0) is 20.8. The predicted octanol–water partition coefficient (Wildman–Crippen LogP) is 2.91. The van der Waals surface area contributed by atoms with Gasteiger partial charge in [0.1, 0.15) is 16.4 Å². The summed E-state index contributed by atoms with van der Waals surface area (Å²) in [5.41, 5.74) is -0.170. The number of aryl methyl sites for hydroxylation is 1. The Morgan fingerprint density at radius 3 is 2.50 bits per heavy atom. The summed E-state index contributed by atoms with van der Waals surface area (Å²) in [5.74, 6) is -0.330. The van der Waals surface area contributed by atoms with E-state index in [-0.39, 0.29) is 32.9 Å². The molecule has 150 valence electrons. The van der Waals surface area contributed by atoms with E-state index in [1.54, 1.807) is 6.07 Å². The number of methoxy groups -OCH3 is 1. The summed E-state index contributed by atoms with van der Waals surface area (Å²) in [5, 5.41) is -0.336. The van der Waals surface area contributed by atoms with Crippen LogP contribution >= 0.6 is 11.6 Å². The van der Waals surface area contributed by atoms with Crippen molar-refractivity contribution in [3.05, 3.63) is 50.5 Å². The Hall–Kier alpha value is -2.52. The second-order valence-corrected chi connectivity index (χ2v) is 8.71. The standard InChI is InChI=1S/C18H18ClNO7S/c1-9(2)12-6-11(25-4)7-14-15(12)17(21)20(28(14,23)24)8-26-13-5-10(3)27-18(22)16(13)19/h5-7,9H,8H2,1-4H3. The minimum Gasteiger partial charge on any atom is -0.497 e. The third kappa shape index (κ3) is 3.24. The van der Waals surface area contributed by atoms with Crippen LogP contribution in [0.3, 0.4) is 0 Å². The van der Waals surface area contributed by atoms with E-state index >= 15 is 0 Å². The van der Waals surface area contributed by atoms with Crippen LogP contribution < -0.4 is 15.1 Å². The number of halogens is 1. The number of carbonyl (C=O) groups excluding carboxylic acids is 1. The van der Waals surface area contributed by atoms with Crippen LogP contribution in [0.5, 0.6) is 11.5 Å². The zero-order valence-electron chi connectivity index (χ0n) is 15.6. The molecule has 0 bridgehead atoms. The first-order valence-electron chi connectivity index (χ1n) is 8.30. The van der Waals surface area contributed by atoms with Crippen LogP contribution in [0, 0.1) is 6.92 Å². The molecule has 2 heterocycles. The Balaban J connectivity index is 2.02. The molecule has 2 aromatic rings. The molecular weight excluding hydrogens is 410 g/mol. The van der Waals surface area contributed by atoms with Gasteiger partial charge in [-0.05, 0) is 24.5 Å². The summed E-state index contributed by atoms with van der Waals surface area (Å²) in [4.78, 5) is 24.4. The SMILES string of the molecule is COc1cc(C(C)C)c2c(c1)S(=O)(=O)N(COc1cc(C)oc(=O)c1Cl)C2=O. The monoisotopic (exact) mass is 427 g/mol. The van der Waals surface area contributed by atoms with Crippen LogP contribution in [0.1, 0.15) is 41.4 Å². The molecule has 1 amide bonds. The molecule has 3 rings (SSSR count). The number of fused-ring (bicyclic) bond motifs is 1. The summed E-state index contributed by atoms with van der Waals surface area (Å²) < 4.78 is 41.8. The quantitative estimate of drug-likeness (QED) is 0.722. The summed E-state index contributed by atoms with van der Waals surface area (Å²) >= 11 is 5.85. The van der Waals surface area contributed by atoms with Gasteiger partial charge in [-0.3, -0.25) is 4.79 Å². The van der Waals surface area contributed by atoms with E-state index in [0.717, 1.165) is 0 Å². The summed E-state index contributed by atoms with van der Waals surface area (Å²) in [6, 6.07) is 4.29. The van der Waals surface area contributed by atoms with Crippen molar-refractivity contribution in [3.63, 3.8) is 0 Å². The van der Waals surface area contributed by atoms with Crippen LogP contribution in [0.4, 0.5) is 0 Å². The highest BCUT2D eigenvalue weighted by atomic mass is 35.5. The van der Waals surface area contributed by atoms with Gasteiger partial charge in [0, 0.05) is 12.1 Å². The first kappa shape index (κ1) is 20.2. The summed E-state index contributed by atoms with van der Waals surface area (Å²) in [6.07, 6.45) is 0. The average molecular weight is 428 g/mol. The molecule has 0 radical (unpaired) electrons. The van der Waals surface area contributed by atoms with Gasteiger partial charge in [-0.25, -0.2) is 13.2 Å². The van der Waals surface area contributed by atoms with Crippen molar-refractivity contribution >= 4 is 27.5 Å². The van der Waals surface area contributed by atoms with Gasteiger partial charge in [0.25, 0.3) is 15.9 Å². The second kappa shape index (κ2) is 7.14. The highest BCUT2D eigenvalue weighted by Crippen LogP contribution is 2.38. The van der Waals surface area contributed by atoms with E-state index in [0.29, 0.717) is 15.6 Å². The predicted molar refractivity (Wildman–Crippen MR) is 101 cm³/mol. The number of benzene rings is 1. The van der Waals surface area contributed by atoms with E-state index < -0.39 is 28.3 Å². The number of nitrogens with zero attached hydrogens (tertiary/aromatic N) is 1. The maximum atomic E-state index is 12.9. The number of carbonyl (C=O) groups is 1. The van der Waals surface area contributed by atoms with Crippen molar-refractivity contribution in [1.29, 1.82) is 0 Å². The van der Waals surface area contributed by atoms with Crippen molar-refractivity contribution in [1.82, 2.24) is 4.31 Å². The number of amides is 1. The van der Waals surface area contributed by atoms with E-state index in [2.05, 4.69) is 0 Å². The second-order valence-electron chi connectivity index (χ2n) is 6.50. The normalized spacial score (nSPS) is 15.1. The molecule has 0 unspecified atom stereocenters. The van der Waals surface area contributed by atoms with Gasteiger partial charge >= 0.3 is 5.63 Å². The van der Waals surface area contributed by atoms with Crippen LogP contribution in [-0.2, 0) is 10.0 Å². The maximum absolute atomic E-state index is 12.9. The Labute approximate surface area is 166 Å². The van der Waals surface area contributed by atoms with Gasteiger partial charge < -0.3 is 13.9 Å². The zero-order valence-corrected chi connectivity index (χ0v) is 17.2. The van der Waals surface area contributed by atoms with Crippen molar-refractivity contribution < 1.29 is 27.1 Å². The molecule has 8 nitrogen and oxygen atoms in total. The summed E-state index contributed by atoms with van der Waals surface area (Å²) in [6.45, 7) is 4.57. The fourth-order valence-corrected chi connectivity index (χ4v) is 4.51. The highest BCUT2D eigenvalue weighted by Gasteiger charge is 2.44. The number of rotatable bonds is 5. The molecule has 0 saturated heterocycles. The van der Waals surface area contributed by atoms with Crippen LogP contribution in [-0.4, -0.2) is 32.5 Å². The summed E-state index contributed by atoms with van der Waals surface area (Å²) in [7, 11) is -2.74. The van der Waals surface area contributed by atoms with Crippen LogP contribution in [0.25, 0.3) is 0 Å². The highest BCUT2D eigenvalue weighted by molar-refractivity contribution is 7.90. The van der Waals surface area contributed by atoms with Crippen molar-refractivity contribution in [2.24, 2.45) is 0 Å². The van der Waals surface area contributed by atoms with E-state index in [1.165, 1.54) is 26.2 Å². The molecule has 1 aromatic heterocycles. The topological polar surface area (TPSA) is 103 Å². The Morgan fingerprint density at radius 1 is 1.21 bits per heavy atom. The van der Waals surface area contributed by atoms with Gasteiger partial charge in [0.05, 0.1) is 12.7 Å². The lowest BCUT2D eigenvalue weighted by Gasteiger charge is -2.16. The molecule has 1 aliphatic heterocycles. The lowest BCUT2D eigenvalue weighted by molar-refractivity contribution is 0.0788. The van der Waals surface area contributed by atoms with Crippen molar-refractivity contribution in [2.75, 3.05) is 13.8 Å². The molecule has 0 aliphatic carbocycles. The van der Waals surface area contributed by atoms with Gasteiger partial charge in [-0.1, -0.05) is 25.4 Å². The third-order valence-electron chi connectivity index (χ3n) is 4.29. The van der Waals surface area contributed by atoms with Crippen molar-refractivity contribution in [3.8, 4) is 11.5 Å². The van der Waals surface area contributed by atoms with Crippen LogP contribution in [0.15, 0.2) is 32.3 Å². The number of ether oxygens (including phenoxy) is 2. The van der Waals surface area contributed by atoms with E-state index in [4.69, 9.17) is 25.5 Å². The number of hydrogen-bond donors (Lipinski definition) is 0. The number of hydrogen-bond acceptors (Lipinski definition) is 7. The maximum Gasteiger partial charge on any atom is 0.358 e. The largest absolute Gasteiger partial charge is 0.497 e. The van der Waals surface area contributed by atoms with E-state index in [1.807, 2.05) is 13.8 Å². The van der Waals surface area contributed by atoms with E-state index in [9.17, 15) is 18.0 Å². The fourth-order valence-electron chi connectivity index (χ4n) is 2.90. The molecule has 1 aromatic carbocycles. The average Bonchev–Trinajstić information content (AvgIpc) is 2.82. The Bertz CT molecular complexity index is 1120. The first-order chi connectivity index (χ1) is 13.1. The first-order valence-corrected chi connectivity index (χ1v) is 10.1. The molecule has 10 heteroatoms. The van der Waals surface area contributed by atoms with Crippen molar-refractivity contribution in [2.45, 2.75) is 31.6 Å². The molecule has 0 spiro atoms. The van der Waals surface area contributed by atoms with Gasteiger partial charge in [-0.2, -0.15) is 4.31 Å². The fraction of sp³-hybridized carbons (Fsp3) is 0.333. The molecule has 1 aliphatic rings. The third-order valence-corrected chi connectivity index (χ3v) is 6.36. The van der Waals surface area contributed by atoms with Gasteiger partial charge in [0.15, 0.2) is 17.5 Å². The minimum atomic E-state index is -4.15. The molecule has 0 saturated carbocycles. The molecule has 0 atom stereocenters. The Kier molecular flexibility index (Phi) is 5.16. The van der Waals surface area contributed by atoms with Gasteiger partial charge in [-0.15, -0.1) is 0 Å². The Morgan fingerprint density at radius 2 is 1.89 bits per heavy atom. The molecular formula is C18H18ClNO7S. The van der Waals surface area contributed by atoms with Crippen LogP contribution in [0.2, 0.25) is 5.02 Å². The lowest BCUT2D eigenvalue weighted by Crippen LogP contribution is -2.34. The number of sulfonamides is 1. The molecule has 0 fully saturated rings. The smallest absolute Gasteiger partial charge is 0.358 e. The lowest BCUT2D eigenvalue weighted by atomic mass is 9.96. The molecule has 28 heavy (non-hydrogen) atoms. The minimum absolute atomic E-state index is 0.0731. The molecule has 0 N–H and O–H groups in total. The van der Waals surface area contributed by atoms with Gasteiger partial charge in [0.2, 0.25) is 0 Å².